The molecule has 0 aliphatic carbocycles. The summed E-state index contributed by atoms with van der Waals surface area (Å²) in [5, 5.41) is 2.79. The van der Waals surface area contributed by atoms with E-state index in [9.17, 15) is 9.59 Å². The highest BCUT2D eigenvalue weighted by molar-refractivity contribution is 5.91. The van der Waals surface area contributed by atoms with E-state index >= 15 is 0 Å². The number of carbonyl (C=O) groups excluding carboxylic acids is 2. The third kappa shape index (κ3) is 5.02. The molecule has 17 heavy (non-hydrogen) atoms. The Labute approximate surface area is 103 Å². The lowest BCUT2D eigenvalue weighted by Gasteiger charge is -2.26. The molecule has 96 valence electrons. The number of hydrogen-bond acceptors (Lipinski definition) is 2. The average Bonchev–Trinajstić information content (AvgIpc) is 2.30. The van der Waals surface area contributed by atoms with Gasteiger partial charge in [-0.05, 0) is 32.6 Å². The summed E-state index contributed by atoms with van der Waals surface area (Å²) in [4.78, 5) is 24.6. The zero-order chi connectivity index (χ0) is 12.7. The second-order valence-corrected chi connectivity index (χ2v) is 4.58. The maximum Gasteiger partial charge on any atom is 0.246 e. The first-order valence-corrected chi connectivity index (χ1v) is 6.32. The molecule has 4 nitrogen and oxygen atoms in total. The molecule has 0 spiro atoms. The quantitative estimate of drug-likeness (QED) is 0.563. The summed E-state index contributed by atoms with van der Waals surface area (Å²) in [5.41, 5.74) is 0.538. The Hall–Kier alpha value is -1.32. The highest BCUT2D eigenvalue weighted by atomic mass is 16.2. The predicted octanol–water partition coefficient (Wildman–Crippen LogP) is 1.47. The molecule has 1 fully saturated rings. The fourth-order valence-electron chi connectivity index (χ4n) is 1.88. The number of amides is 2. The molecule has 0 radical (unpaired) electrons. The van der Waals surface area contributed by atoms with Crippen LogP contribution in [0.15, 0.2) is 12.2 Å². The minimum Gasteiger partial charge on any atom is -0.352 e. The number of hydrogen-bond donors (Lipinski definition) is 1. The Morgan fingerprint density at radius 1 is 1.41 bits per heavy atom. The van der Waals surface area contributed by atoms with Crippen molar-refractivity contribution >= 4 is 11.8 Å². The van der Waals surface area contributed by atoms with E-state index < -0.39 is 0 Å². The SMILES string of the molecule is C=C(C)C(=O)NCCCCN1CCCCC1=O. The van der Waals surface area contributed by atoms with Gasteiger partial charge in [-0.1, -0.05) is 6.58 Å². The summed E-state index contributed by atoms with van der Waals surface area (Å²) >= 11 is 0. The molecule has 1 N–H and O–H groups in total. The van der Waals surface area contributed by atoms with Crippen molar-refractivity contribution in [3.05, 3.63) is 12.2 Å². The first kappa shape index (κ1) is 13.7. The zero-order valence-corrected chi connectivity index (χ0v) is 10.6. The molecule has 0 aromatic carbocycles. The summed E-state index contributed by atoms with van der Waals surface area (Å²) in [6.07, 6.45) is 4.71. The Balaban J connectivity index is 2.05. The van der Waals surface area contributed by atoms with Crippen LogP contribution in [-0.2, 0) is 9.59 Å². The fourth-order valence-corrected chi connectivity index (χ4v) is 1.88. The van der Waals surface area contributed by atoms with E-state index in [1.807, 2.05) is 4.90 Å². The average molecular weight is 238 g/mol. The lowest BCUT2D eigenvalue weighted by molar-refractivity contribution is -0.133. The molecule has 1 rings (SSSR count). The number of piperidine rings is 1. The second-order valence-electron chi connectivity index (χ2n) is 4.58. The molecule has 1 aliphatic heterocycles. The van der Waals surface area contributed by atoms with Crippen molar-refractivity contribution in [2.75, 3.05) is 19.6 Å². The third-order valence-corrected chi connectivity index (χ3v) is 2.95. The van der Waals surface area contributed by atoms with Crippen LogP contribution in [0, 0.1) is 0 Å². The van der Waals surface area contributed by atoms with Gasteiger partial charge in [0.05, 0.1) is 0 Å². The molecule has 0 aromatic heterocycles. The van der Waals surface area contributed by atoms with Gasteiger partial charge in [-0.2, -0.15) is 0 Å². The minimum absolute atomic E-state index is 0.0842. The molecule has 0 aromatic rings. The summed E-state index contributed by atoms with van der Waals surface area (Å²) in [7, 11) is 0. The van der Waals surface area contributed by atoms with E-state index in [0.717, 1.165) is 38.8 Å². The summed E-state index contributed by atoms with van der Waals surface area (Å²) < 4.78 is 0. The maximum absolute atomic E-state index is 11.5. The smallest absolute Gasteiger partial charge is 0.246 e. The summed E-state index contributed by atoms with van der Waals surface area (Å²) in [6.45, 7) is 7.65. The first-order valence-electron chi connectivity index (χ1n) is 6.32. The van der Waals surface area contributed by atoms with Gasteiger partial charge >= 0.3 is 0 Å². The van der Waals surface area contributed by atoms with Gasteiger partial charge in [0.25, 0.3) is 0 Å². The van der Waals surface area contributed by atoms with Crippen LogP contribution in [0.2, 0.25) is 0 Å². The normalized spacial score (nSPS) is 15.8. The largest absolute Gasteiger partial charge is 0.352 e. The first-order chi connectivity index (χ1) is 8.11. The molecular formula is C13H22N2O2. The molecule has 1 saturated heterocycles. The van der Waals surface area contributed by atoms with Crippen molar-refractivity contribution in [3.8, 4) is 0 Å². The van der Waals surface area contributed by atoms with Gasteiger partial charge in [0.15, 0.2) is 0 Å². The van der Waals surface area contributed by atoms with Crippen LogP contribution < -0.4 is 5.32 Å². The Morgan fingerprint density at radius 3 is 2.82 bits per heavy atom. The fraction of sp³-hybridized carbons (Fsp3) is 0.692. The molecule has 2 amide bonds. The van der Waals surface area contributed by atoms with Gasteiger partial charge in [-0.3, -0.25) is 9.59 Å². The van der Waals surface area contributed by atoms with Crippen LogP contribution >= 0.6 is 0 Å². The second kappa shape index (κ2) is 7.09. The molecule has 0 unspecified atom stereocenters. The molecule has 0 saturated carbocycles. The number of nitrogens with zero attached hydrogens (tertiary/aromatic N) is 1. The van der Waals surface area contributed by atoms with Crippen molar-refractivity contribution in [1.82, 2.24) is 10.2 Å². The van der Waals surface area contributed by atoms with E-state index in [2.05, 4.69) is 11.9 Å². The van der Waals surface area contributed by atoms with Gasteiger partial charge in [0, 0.05) is 31.6 Å². The molecule has 0 atom stereocenters. The van der Waals surface area contributed by atoms with Gasteiger partial charge < -0.3 is 10.2 Å². The predicted molar refractivity (Wildman–Crippen MR) is 67.5 cm³/mol. The van der Waals surface area contributed by atoms with Gasteiger partial charge in [0.1, 0.15) is 0 Å². The van der Waals surface area contributed by atoms with Crippen LogP contribution in [0.4, 0.5) is 0 Å². The Morgan fingerprint density at radius 2 is 2.18 bits per heavy atom. The van der Waals surface area contributed by atoms with Crippen molar-refractivity contribution in [2.24, 2.45) is 0 Å². The number of unbranched alkanes of at least 4 members (excludes halogenated alkanes) is 1. The van der Waals surface area contributed by atoms with Crippen molar-refractivity contribution < 1.29 is 9.59 Å². The van der Waals surface area contributed by atoms with E-state index in [0.29, 0.717) is 18.5 Å². The minimum atomic E-state index is -0.0842. The van der Waals surface area contributed by atoms with Crippen LogP contribution in [0.3, 0.4) is 0 Å². The van der Waals surface area contributed by atoms with Crippen LogP contribution in [0.25, 0.3) is 0 Å². The lowest BCUT2D eigenvalue weighted by Crippen LogP contribution is -2.36. The number of likely N-dealkylation sites (tertiary alicyclic amines) is 1. The molecule has 1 heterocycles. The topological polar surface area (TPSA) is 49.4 Å². The van der Waals surface area contributed by atoms with Crippen LogP contribution in [0.5, 0.6) is 0 Å². The molecule has 4 heteroatoms. The van der Waals surface area contributed by atoms with Gasteiger partial charge in [0.2, 0.25) is 11.8 Å². The van der Waals surface area contributed by atoms with E-state index in [-0.39, 0.29) is 11.8 Å². The number of rotatable bonds is 6. The molecular weight excluding hydrogens is 216 g/mol. The van der Waals surface area contributed by atoms with Crippen molar-refractivity contribution in [2.45, 2.75) is 39.0 Å². The highest BCUT2D eigenvalue weighted by Gasteiger charge is 2.16. The van der Waals surface area contributed by atoms with E-state index in [1.165, 1.54) is 0 Å². The van der Waals surface area contributed by atoms with E-state index in [4.69, 9.17) is 0 Å². The lowest BCUT2D eigenvalue weighted by atomic mass is 10.1. The van der Waals surface area contributed by atoms with Gasteiger partial charge in [-0.25, -0.2) is 0 Å². The summed E-state index contributed by atoms with van der Waals surface area (Å²) in [6, 6.07) is 0. The Bertz CT molecular complexity index is 300. The molecule has 1 aliphatic rings. The van der Waals surface area contributed by atoms with Crippen LogP contribution in [-0.4, -0.2) is 36.3 Å². The van der Waals surface area contributed by atoms with Crippen molar-refractivity contribution in [1.29, 1.82) is 0 Å². The third-order valence-electron chi connectivity index (χ3n) is 2.95. The zero-order valence-electron chi connectivity index (χ0n) is 10.6. The summed E-state index contributed by atoms with van der Waals surface area (Å²) in [5.74, 6) is 0.196. The molecule has 0 bridgehead atoms. The highest BCUT2D eigenvalue weighted by Crippen LogP contribution is 2.10. The van der Waals surface area contributed by atoms with Crippen LogP contribution in [0.1, 0.15) is 39.0 Å². The monoisotopic (exact) mass is 238 g/mol. The van der Waals surface area contributed by atoms with Gasteiger partial charge in [-0.15, -0.1) is 0 Å². The number of nitrogens with one attached hydrogen (secondary N) is 1. The standard InChI is InChI=1S/C13H22N2O2/c1-11(2)13(17)14-8-4-6-10-15-9-5-3-7-12(15)16/h1,3-10H2,2H3,(H,14,17). The number of carbonyl (C=O) groups is 2. The Kier molecular flexibility index (Phi) is 5.73. The maximum atomic E-state index is 11.5. The van der Waals surface area contributed by atoms with E-state index in [1.54, 1.807) is 6.92 Å². The van der Waals surface area contributed by atoms with Crippen molar-refractivity contribution in [3.63, 3.8) is 0 Å².